The van der Waals surface area contributed by atoms with E-state index in [1.807, 2.05) is 37.1 Å². The summed E-state index contributed by atoms with van der Waals surface area (Å²) < 4.78 is 0. The Labute approximate surface area is 112 Å². The van der Waals surface area contributed by atoms with Crippen molar-refractivity contribution in [2.24, 2.45) is 5.73 Å². The summed E-state index contributed by atoms with van der Waals surface area (Å²) in [5.41, 5.74) is 8.15. The second-order valence-electron chi connectivity index (χ2n) is 4.41. The van der Waals surface area contributed by atoms with Crippen LogP contribution in [0.25, 0.3) is 0 Å². The van der Waals surface area contributed by atoms with Gasteiger partial charge in [-0.2, -0.15) is 0 Å². The molecule has 5 heteroatoms. The molecule has 0 spiro atoms. The molecule has 0 bridgehead atoms. The molecule has 0 radical (unpaired) electrons. The van der Waals surface area contributed by atoms with Crippen molar-refractivity contribution in [1.82, 2.24) is 9.97 Å². The summed E-state index contributed by atoms with van der Waals surface area (Å²) in [4.78, 5) is 10.7. The van der Waals surface area contributed by atoms with Crippen LogP contribution in [0.15, 0.2) is 36.5 Å². The van der Waals surface area contributed by atoms with Gasteiger partial charge in [0.25, 0.3) is 0 Å². The number of nitrogens with zero attached hydrogens (tertiary/aromatic N) is 3. The molecule has 2 heterocycles. The van der Waals surface area contributed by atoms with E-state index < -0.39 is 0 Å². The number of amidine groups is 1. The van der Waals surface area contributed by atoms with E-state index in [1.165, 1.54) is 0 Å². The van der Waals surface area contributed by atoms with Gasteiger partial charge in [-0.1, -0.05) is 6.07 Å². The highest BCUT2D eigenvalue weighted by Gasteiger charge is 2.11. The molecule has 98 valence electrons. The first kappa shape index (κ1) is 13.0. The molecule has 19 heavy (non-hydrogen) atoms. The third-order valence-electron chi connectivity index (χ3n) is 2.78. The maximum Gasteiger partial charge on any atom is 0.139 e. The second-order valence-corrected chi connectivity index (χ2v) is 4.41. The van der Waals surface area contributed by atoms with Crippen molar-refractivity contribution in [3.63, 3.8) is 0 Å². The fourth-order valence-electron chi connectivity index (χ4n) is 1.92. The van der Waals surface area contributed by atoms with Crippen molar-refractivity contribution in [1.29, 1.82) is 5.41 Å². The molecule has 0 unspecified atom stereocenters. The number of nitrogens with one attached hydrogen (secondary N) is 1. The van der Waals surface area contributed by atoms with Gasteiger partial charge >= 0.3 is 0 Å². The quantitative estimate of drug-likeness (QED) is 0.644. The predicted molar refractivity (Wildman–Crippen MR) is 76.3 cm³/mol. The number of aryl methyl sites for hydroxylation is 1. The van der Waals surface area contributed by atoms with Crippen molar-refractivity contribution in [3.05, 3.63) is 53.5 Å². The van der Waals surface area contributed by atoms with Crippen LogP contribution in [-0.2, 0) is 6.54 Å². The monoisotopic (exact) mass is 255 g/mol. The highest BCUT2D eigenvalue weighted by Crippen LogP contribution is 2.17. The summed E-state index contributed by atoms with van der Waals surface area (Å²) in [5, 5.41) is 7.58. The summed E-state index contributed by atoms with van der Waals surface area (Å²) in [6.07, 6.45) is 1.70. The second kappa shape index (κ2) is 5.48. The maximum absolute atomic E-state index is 7.58. The lowest BCUT2D eigenvalue weighted by molar-refractivity contribution is 0.857. The van der Waals surface area contributed by atoms with E-state index in [0.717, 1.165) is 11.4 Å². The highest BCUT2D eigenvalue weighted by atomic mass is 15.2. The molecule has 2 aromatic rings. The van der Waals surface area contributed by atoms with Crippen LogP contribution >= 0.6 is 0 Å². The summed E-state index contributed by atoms with van der Waals surface area (Å²) in [6.45, 7) is 2.59. The number of aromatic nitrogens is 2. The molecule has 0 fully saturated rings. The molecule has 0 atom stereocenters. The van der Waals surface area contributed by atoms with Crippen molar-refractivity contribution in [2.45, 2.75) is 13.5 Å². The van der Waals surface area contributed by atoms with E-state index >= 15 is 0 Å². The normalized spacial score (nSPS) is 10.2. The van der Waals surface area contributed by atoms with Crippen LogP contribution in [0.5, 0.6) is 0 Å². The van der Waals surface area contributed by atoms with Crippen LogP contribution in [0.1, 0.15) is 17.0 Å². The van der Waals surface area contributed by atoms with Crippen LogP contribution < -0.4 is 10.6 Å². The minimum absolute atomic E-state index is 0.0205. The van der Waals surface area contributed by atoms with E-state index in [0.29, 0.717) is 17.9 Å². The van der Waals surface area contributed by atoms with Crippen LogP contribution in [0.2, 0.25) is 0 Å². The molecule has 0 aliphatic carbocycles. The fourth-order valence-corrected chi connectivity index (χ4v) is 1.92. The van der Waals surface area contributed by atoms with Gasteiger partial charge < -0.3 is 10.6 Å². The van der Waals surface area contributed by atoms with Gasteiger partial charge in [0.05, 0.1) is 17.8 Å². The van der Waals surface area contributed by atoms with Gasteiger partial charge in [-0.25, -0.2) is 4.98 Å². The Morgan fingerprint density at radius 3 is 2.79 bits per heavy atom. The van der Waals surface area contributed by atoms with Crippen LogP contribution in [0.4, 0.5) is 5.82 Å². The zero-order valence-corrected chi connectivity index (χ0v) is 11.1. The van der Waals surface area contributed by atoms with Crippen molar-refractivity contribution >= 4 is 11.7 Å². The molecule has 5 nitrogen and oxygen atoms in total. The molecular formula is C14H17N5. The molecule has 0 aliphatic heterocycles. The van der Waals surface area contributed by atoms with Gasteiger partial charge in [0.1, 0.15) is 11.7 Å². The lowest BCUT2D eigenvalue weighted by Crippen LogP contribution is -2.23. The Kier molecular flexibility index (Phi) is 3.75. The molecule has 3 N–H and O–H groups in total. The summed E-state index contributed by atoms with van der Waals surface area (Å²) in [7, 11) is 1.92. The first-order valence-electron chi connectivity index (χ1n) is 6.01. The van der Waals surface area contributed by atoms with E-state index in [2.05, 4.69) is 9.97 Å². The number of hydrogen-bond donors (Lipinski definition) is 2. The molecule has 0 saturated heterocycles. The van der Waals surface area contributed by atoms with Gasteiger partial charge in [-0.15, -0.1) is 0 Å². The molecule has 0 amide bonds. The SMILES string of the molecule is Cc1cccc(CN(C)c2ncccc2C(=N)N)n1. The minimum Gasteiger partial charge on any atom is -0.384 e. The Bertz CT molecular complexity index is 594. The average molecular weight is 255 g/mol. The molecule has 2 rings (SSSR count). The Morgan fingerprint density at radius 1 is 1.32 bits per heavy atom. The highest BCUT2D eigenvalue weighted by molar-refractivity contribution is 5.99. The average Bonchev–Trinajstić information content (AvgIpc) is 2.38. The van der Waals surface area contributed by atoms with E-state index in [-0.39, 0.29) is 5.84 Å². The number of nitrogen functional groups attached to an aromatic ring is 1. The predicted octanol–water partition coefficient (Wildman–Crippen LogP) is 1.71. The van der Waals surface area contributed by atoms with Crippen molar-refractivity contribution in [3.8, 4) is 0 Å². The minimum atomic E-state index is 0.0205. The zero-order valence-electron chi connectivity index (χ0n) is 11.1. The lowest BCUT2D eigenvalue weighted by atomic mass is 10.2. The standard InChI is InChI=1S/C14H17N5/c1-10-5-3-6-11(18-10)9-19(2)14-12(13(15)16)7-4-8-17-14/h3-8H,9H2,1-2H3,(H3,15,16). The molecule has 2 aromatic heterocycles. The first-order valence-corrected chi connectivity index (χ1v) is 6.01. The third kappa shape index (κ3) is 3.07. The van der Waals surface area contributed by atoms with Gasteiger partial charge in [-0.3, -0.25) is 10.4 Å². The molecular weight excluding hydrogens is 238 g/mol. The van der Waals surface area contributed by atoms with Gasteiger partial charge in [0.2, 0.25) is 0 Å². The van der Waals surface area contributed by atoms with E-state index in [9.17, 15) is 0 Å². The van der Waals surface area contributed by atoms with Crippen LogP contribution in [0, 0.1) is 12.3 Å². The van der Waals surface area contributed by atoms with Crippen molar-refractivity contribution < 1.29 is 0 Å². The Hall–Kier alpha value is -2.43. The van der Waals surface area contributed by atoms with Gasteiger partial charge in [0.15, 0.2) is 0 Å². The number of rotatable bonds is 4. The first-order chi connectivity index (χ1) is 9.08. The summed E-state index contributed by atoms with van der Waals surface area (Å²) in [5.74, 6) is 0.713. The number of pyridine rings is 2. The largest absolute Gasteiger partial charge is 0.384 e. The van der Waals surface area contributed by atoms with Crippen LogP contribution in [-0.4, -0.2) is 22.9 Å². The van der Waals surface area contributed by atoms with Gasteiger partial charge in [-0.05, 0) is 31.2 Å². The van der Waals surface area contributed by atoms with Crippen LogP contribution in [0.3, 0.4) is 0 Å². The van der Waals surface area contributed by atoms with Crippen molar-refractivity contribution in [2.75, 3.05) is 11.9 Å². The zero-order chi connectivity index (χ0) is 13.8. The molecule has 0 saturated carbocycles. The van der Waals surface area contributed by atoms with E-state index in [1.54, 1.807) is 18.3 Å². The molecule has 0 aromatic carbocycles. The number of anilines is 1. The fraction of sp³-hybridized carbons (Fsp3) is 0.214. The van der Waals surface area contributed by atoms with Gasteiger partial charge in [0, 0.05) is 18.9 Å². The summed E-state index contributed by atoms with van der Waals surface area (Å²) in [6, 6.07) is 9.49. The topological polar surface area (TPSA) is 78.9 Å². The lowest BCUT2D eigenvalue weighted by Gasteiger charge is -2.20. The number of hydrogen-bond acceptors (Lipinski definition) is 4. The Balaban J connectivity index is 2.25. The van der Waals surface area contributed by atoms with E-state index in [4.69, 9.17) is 11.1 Å². The number of nitrogens with two attached hydrogens (primary N) is 1. The summed E-state index contributed by atoms with van der Waals surface area (Å²) >= 11 is 0. The Morgan fingerprint density at radius 2 is 2.11 bits per heavy atom. The smallest absolute Gasteiger partial charge is 0.139 e. The molecule has 0 aliphatic rings. The maximum atomic E-state index is 7.58. The third-order valence-corrected chi connectivity index (χ3v) is 2.78.